The lowest BCUT2D eigenvalue weighted by Crippen LogP contribution is -2.43. The van der Waals surface area contributed by atoms with Gasteiger partial charge in [0.25, 0.3) is 5.91 Å². The van der Waals surface area contributed by atoms with Crippen molar-refractivity contribution in [1.82, 2.24) is 10.2 Å². The van der Waals surface area contributed by atoms with Crippen molar-refractivity contribution in [3.8, 4) is 0 Å². The van der Waals surface area contributed by atoms with Crippen molar-refractivity contribution in [2.75, 3.05) is 12.4 Å². The monoisotopic (exact) mass is 394 g/mol. The molecule has 7 nitrogen and oxygen atoms in total. The van der Waals surface area contributed by atoms with E-state index in [1.54, 1.807) is 12.1 Å². The fourth-order valence-corrected chi connectivity index (χ4v) is 4.67. The molecule has 3 rings (SSSR count). The van der Waals surface area contributed by atoms with E-state index in [0.29, 0.717) is 18.1 Å². The fourth-order valence-electron chi connectivity index (χ4n) is 2.61. The summed E-state index contributed by atoms with van der Waals surface area (Å²) in [4.78, 5) is 38.7. The molecular formula is C17H18N2O5S2. The first kappa shape index (κ1) is 18.5. The van der Waals surface area contributed by atoms with E-state index >= 15 is 0 Å². The standard InChI is InChI=1S/C17H18N2O5S2/c1-11(20)19-13(10-26-16(19)14-5-2-6-23-14)17(22)24-9-15(21)18-8-12-4-3-7-25-12/h2-7,13,16H,8-10H2,1H3,(H,18,21)/t13-,16+/m0/s1. The topological polar surface area (TPSA) is 88.8 Å². The third-order valence-electron chi connectivity index (χ3n) is 3.81. The Bertz CT molecular complexity index is 760. The summed E-state index contributed by atoms with van der Waals surface area (Å²) in [5.74, 6) is -0.224. The van der Waals surface area contributed by atoms with Gasteiger partial charge in [-0.1, -0.05) is 6.07 Å². The van der Waals surface area contributed by atoms with Gasteiger partial charge < -0.3 is 19.4 Å². The summed E-state index contributed by atoms with van der Waals surface area (Å²) in [6.45, 7) is 1.42. The number of carbonyl (C=O) groups excluding carboxylic acids is 3. The molecule has 2 aromatic rings. The normalized spacial score (nSPS) is 19.3. The summed E-state index contributed by atoms with van der Waals surface area (Å²) < 4.78 is 10.5. The van der Waals surface area contributed by atoms with Crippen LogP contribution in [0.15, 0.2) is 40.3 Å². The molecule has 1 N–H and O–H groups in total. The molecule has 0 unspecified atom stereocenters. The number of furan rings is 1. The summed E-state index contributed by atoms with van der Waals surface area (Å²) in [5.41, 5.74) is 0. The van der Waals surface area contributed by atoms with E-state index in [1.165, 1.54) is 41.2 Å². The van der Waals surface area contributed by atoms with Gasteiger partial charge in [0.2, 0.25) is 5.91 Å². The third-order valence-corrected chi connectivity index (χ3v) is 5.97. The molecule has 26 heavy (non-hydrogen) atoms. The maximum Gasteiger partial charge on any atom is 0.330 e. The Kier molecular flexibility index (Phi) is 6.00. The van der Waals surface area contributed by atoms with Gasteiger partial charge in [0.15, 0.2) is 6.61 Å². The third kappa shape index (κ3) is 4.28. The Balaban J connectivity index is 1.53. The molecule has 3 heterocycles. The molecule has 0 aromatic carbocycles. The quantitative estimate of drug-likeness (QED) is 0.756. The van der Waals surface area contributed by atoms with Crippen molar-refractivity contribution in [3.05, 3.63) is 46.5 Å². The highest BCUT2D eigenvalue weighted by atomic mass is 32.2. The van der Waals surface area contributed by atoms with E-state index in [0.717, 1.165) is 4.88 Å². The summed E-state index contributed by atoms with van der Waals surface area (Å²) >= 11 is 2.96. The van der Waals surface area contributed by atoms with Crippen molar-refractivity contribution in [2.45, 2.75) is 24.9 Å². The Morgan fingerprint density at radius 2 is 2.19 bits per heavy atom. The molecule has 0 radical (unpaired) electrons. The minimum atomic E-state index is -0.738. The Hall–Kier alpha value is -2.26. The number of ether oxygens (including phenoxy) is 1. The van der Waals surface area contributed by atoms with Crippen LogP contribution in [0, 0.1) is 0 Å². The van der Waals surface area contributed by atoms with Gasteiger partial charge in [-0.25, -0.2) is 4.79 Å². The van der Waals surface area contributed by atoms with Gasteiger partial charge in [-0.15, -0.1) is 23.1 Å². The average molecular weight is 394 g/mol. The second-order valence-electron chi connectivity index (χ2n) is 5.61. The van der Waals surface area contributed by atoms with Gasteiger partial charge in [0, 0.05) is 17.6 Å². The van der Waals surface area contributed by atoms with E-state index in [-0.39, 0.29) is 23.8 Å². The van der Waals surface area contributed by atoms with Gasteiger partial charge in [0.1, 0.15) is 17.2 Å². The molecular weight excluding hydrogens is 376 g/mol. The van der Waals surface area contributed by atoms with Crippen LogP contribution in [0.25, 0.3) is 0 Å². The van der Waals surface area contributed by atoms with Crippen LogP contribution in [0.3, 0.4) is 0 Å². The number of hydrogen-bond acceptors (Lipinski definition) is 7. The second kappa shape index (κ2) is 8.41. The molecule has 9 heteroatoms. The Labute approximate surface area is 158 Å². The molecule has 1 saturated heterocycles. The first-order valence-corrected chi connectivity index (χ1v) is 9.88. The predicted octanol–water partition coefficient (Wildman–Crippen LogP) is 2.16. The lowest BCUT2D eigenvalue weighted by atomic mass is 10.2. The van der Waals surface area contributed by atoms with Crippen LogP contribution in [0.5, 0.6) is 0 Å². The van der Waals surface area contributed by atoms with Crippen molar-refractivity contribution in [1.29, 1.82) is 0 Å². The van der Waals surface area contributed by atoms with Crippen LogP contribution >= 0.6 is 23.1 Å². The highest BCUT2D eigenvalue weighted by Gasteiger charge is 2.43. The van der Waals surface area contributed by atoms with Crippen LogP contribution in [-0.2, 0) is 25.7 Å². The predicted molar refractivity (Wildman–Crippen MR) is 97.3 cm³/mol. The van der Waals surface area contributed by atoms with E-state index in [1.807, 2.05) is 17.5 Å². The summed E-state index contributed by atoms with van der Waals surface area (Å²) in [6, 6.07) is 6.57. The Morgan fingerprint density at radius 1 is 1.35 bits per heavy atom. The molecule has 1 aliphatic rings. The number of nitrogens with one attached hydrogen (secondary N) is 1. The number of rotatable bonds is 6. The lowest BCUT2D eigenvalue weighted by Gasteiger charge is -2.25. The number of hydrogen-bond donors (Lipinski definition) is 1. The minimum absolute atomic E-state index is 0.250. The van der Waals surface area contributed by atoms with Gasteiger partial charge in [-0.05, 0) is 23.6 Å². The van der Waals surface area contributed by atoms with Crippen LogP contribution < -0.4 is 5.32 Å². The van der Waals surface area contributed by atoms with Crippen molar-refractivity contribution >= 4 is 40.9 Å². The van der Waals surface area contributed by atoms with E-state index in [4.69, 9.17) is 9.15 Å². The van der Waals surface area contributed by atoms with E-state index in [9.17, 15) is 14.4 Å². The number of carbonyl (C=O) groups is 3. The average Bonchev–Trinajstić information content (AvgIpc) is 3.37. The smallest absolute Gasteiger partial charge is 0.330 e. The molecule has 2 atom stereocenters. The largest absolute Gasteiger partial charge is 0.466 e. The van der Waals surface area contributed by atoms with Crippen LogP contribution in [-0.4, -0.2) is 41.1 Å². The van der Waals surface area contributed by atoms with E-state index in [2.05, 4.69) is 5.32 Å². The van der Waals surface area contributed by atoms with Crippen molar-refractivity contribution in [2.24, 2.45) is 0 Å². The van der Waals surface area contributed by atoms with Crippen molar-refractivity contribution < 1.29 is 23.5 Å². The first-order valence-electron chi connectivity index (χ1n) is 7.96. The van der Waals surface area contributed by atoms with E-state index < -0.39 is 12.0 Å². The molecule has 1 aliphatic heterocycles. The summed E-state index contributed by atoms with van der Waals surface area (Å²) in [5, 5.41) is 4.24. The van der Waals surface area contributed by atoms with Gasteiger partial charge in [0.05, 0.1) is 12.8 Å². The molecule has 0 saturated carbocycles. The van der Waals surface area contributed by atoms with Crippen LogP contribution in [0.2, 0.25) is 0 Å². The molecule has 1 fully saturated rings. The zero-order valence-electron chi connectivity index (χ0n) is 14.0. The zero-order chi connectivity index (χ0) is 18.5. The van der Waals surface area contributed by atoms with Crippen LogP contribution in [0.4, 0.5) is 0 Å². The van der Waals surface area contributed by atoms with Gasteiger partial charge in [-0.2, -0.15) is 0 Å². The number of thioether (sulfide) groups is 1. The SMILES string of the molecule is CC(=O)N1[C@@H](c2ccco2)SC[C@H]1C(=O)OCC(=O)NCc1cccs1. The van der Waals surface area contributed by atoms with Gasteiger partial charge >= 0.3 is 5.97 Å². The summed E-state index contributed by atoms with van der Waals surface area (Å²) in [7, 11) is 0. The number of amides is 2. The number of nitrogens with zero attached hydrogens (tertiary/aromatic N) is 1. The highest BCUT2D eigenvalue weighted by molar-refractivity contribution is 7.99. The van der Waals surface area contributed by atoms with Crippen molar-refractivity contribution in [3.63, 3.8) is 0 Å². The molecule has 0 bridgehead atoms. The zero-order valence-corrected chi connectivity index (χ0v) is 15.7. The minimum Gasteiger partial charge on any atom is -0.466 e. The van der Waals surface area contributed by atoms with Crippen LogP contribution in [0.1, 0.15) is 22.9 Å². The maximum atomic E-state index is 12.4. The molecule has 2 aromatic heterocycles. The Morgan fingerprint density at radius 3 is 2.85 bits per heavy atom. The second-order valence-corrected chi connectivity index (χ2v) is 7.75. The molecule has 0 aliphatic carbocycles. The fraction of sp³-hybridized carbons (Fsp3) is 0.353. The molecule has 138 valence electrons. The maximum absolute atomic E-state index is 12.4. The first-order chi connectivity index (χ1) is 12.6. The number of thiophene rings is 1. The molecule has 0 spiro atoms. The molecule has 2 amide bonds. The summed E-state index contributed by atoms with van der Waals surface area (Å²) in [6.07, 6.45) is 1.53. The lowest BCUT2D eigenvalue weighted by molar-refractivity contribution is -0.156. The number of esters is 1. The highest BCUT2D eigenvalue weighted by Crippen LogP contribution is 2.41. The van der Waals surface area contributed by atoms with Gasteiger partial charge in [-0.3, -0.25) is 9.59 Å².